The first-order valence-electron chi connectivity index (χ1n) is 3.34. The second kappa shape index (κ2) is 4.19. The van der Waals surface area contributed by atoms with Crippen LogP contribution in [0.2, 0.25) is 5.02 Å². The molecule has 12 heavy (non-hydrogen) atoms. The molecule has 0 unspecified atom stereocenters. The molecule has 64 valence electrons. The molecule has 0 spiro atoms. The molecular formula is C7H8BClO2S. The Balaban J connectivity index is 3.02. The van der Waals surface area contributed by atoms with E-state index in [2.05, 4.69) is 0 Å². The predicted molar refractivity (Wildman–Crippen MR) is 53.1 cm³/mol. The highest BCUT2D eigenvalue weighted by Crippen LogP contribution is 2.23. The molecular weight excluding hydrogens is 194 g/mol. The highest BCUT2D eigenvalue weighted by molar-refractivity contribution is 7.98. The maximum atomic E-state index is 8.80. The molecule has 1 rings (SSSR count). The Labute approximate surface area is 80.7 Å². The van der Waals surface area contributed by atoms with Crippen LogP contribution in [0.4, 0.5) is 0 Å². The van der Waals surface area contributed by atoms with Gasteiger partial charge in [0.25, 0.3) is 0 Å². The Bertz CT molecular complexity index is 280. The van der Waals surface area contributed by atoms with E-state index in [1.807, 2.05) is 6.26 Å². The van der Waals surface area contributed by atoms with Crippen molar-refractivity contribution in [2.45, 2.75) is 4.90 Å². The second-order valence-corrected chi connectivity index (χ2v) is 3.52. The van der Waals surface area contributed by atoms with Gasteiger partial charge in [0.1, 0.15) is 0 Å². The SMILES string of the molecule is CSc1ccc(B(O)O)cc1Cl. The molecule has 0 fully saturated rings. The van der Waals surface area contributed by atoms with E-state index in [0.29, 0.717) is 10.5 Å². The summed E-state index contributed by atoms with van der Waals surface area (Å²) in [5.41, 5.74) is 0.415. The third-order valence-corrected chi connectivity index (χ3v) is 2.69. The Morgan fingerprint density at radius 1 is 1.42 bits per heavy atom. The van der Waals surface area contributed by atoms with E-state index in [0.717, 1.165) is 4.90 Å². The first-order chi connectivity index (χ1) is 5.65. The molecule has 0 aliphatic carbocycles. The van der Waals surface area contributed by atoms with E-state index >= 15 is 0 Å². The lowest BCUT2D eigenvalue weighted by molar-refractivity contribution is 0.426. The van der Waals surface area contributed by atoms with Gasteiger partial charge in [-0.05, 0) is 23.9 Å². The topological polar surface area (TPSA) is 40.5 Å². The molecule has 2 nitrogen and oxygen atoms in total. The molecule has 1 aromatic rings. The molecule has 0 aromatic heterocycles. The lowest BCUT2D eigenvalue weighted by Crippen LogP contribution is -2.29. The molecule has 0 saturated heterocycles. The minimum atomic E-state index is -1.45. The van der Waals surface area contributed by atoms with Gasteiger partial charge in [-0.2, -0.15) is 0 Å². The third kappa shape index (κ3) is 2.17. The lowest BCUT2D eigenvalue weighted by Gasteiger charge is -2.03. The highest BCUT2D eigenvalue weighted by atomic mass is 35.5. The van der Waals surface area contributed by atoms with Gasteiger partial charge in [0.15, 0.2) is 0 Å². The standard InChI is InChI=1S/C7H8BClO2S/c1-12-7-3-2-5(8(10)11)4-6(7)9/h2-4,10-11H,1H3. The molecule has 0 heterocycles. The van der Waals surface area contributed by atoms with Crippen molar-refractivity contribution >= 4 is 35.9 Å². The zero-order valence-electron chi connectivity index (χ0n) is 6.49. The van der Waals surface area contributed by atoms with Crippen LogP contribution in [0.25, 0.3) is 0 Å². The van der Waals surface area contributed by atoms with Gasteiger partial charge in [-0.3, -0.25) is 0 Å². The number of rotatable bonds is 2. The van der Waals surface area contributed by atoms with Crippen LogP contribution >= 0.6 is 23.4 Å². The largest absolute Gasteiger partial charge is 0.488 e. The van der Waals surface area contributed by atoms with Crippen molar-refractivity contribution in [3.63, 3.8) is 0 Å². The minimum Gasteiger partial charge on any atom is -0.423 e. The monoisotopic (exact) mass is 202 g/mol. The second-order valence-electron chi connectivity index (χ2n) is 2.27. The minimum absolute atomic E-state index is 0.415. The summed E-state index contributed by atoms with van der Waals surface area (Å²) >= 11 is 7.35. The number of halogens is 1. The molecule has 5 heteroatoms. The Kier molecular flexibility index (Phi) is 3.46. The maximum Gasteiger partial charge on any atom is 0.488 e. The van der Waals surface area contributed by atoms with Crippen LogP contribution in [0.1, 0.15) is 0 Å². The predicted octanol–water partition coefficient (Wildman–Crippen LogP) is 0.742. The number of benzene rings is 1. The first-order valence-corrected chi connectivity index (χ1v) is 4.95. The fourth-order valence-corrected chi connectivity index (χ4v) is 1.72. The van der Waals surface area contributed by atoms with Gasteiger partial charge in [0, 0.05) is 4.90 Å². The molecule has 0 atom stereocenters. The summed E-state index contributed by atoms with van der Waals surface area (Å²) in [7, 11) is -1.45. The van der Waals surface area contributed by atoms with Crippen molar-refractivity contribution in [2.75, 3.05) is 6.26 Å². The van der Waals surface area contributed by atoms with E-state index in [-0.39, 0.29) is 0 Å². The zero-order valence-corrected chi connectivity index (χ0v) is 8.06. The van der Waals surface area contributed by atoms with Gasteiger partial charge in [0.2, 0.25) is 0 Å². The van der Waals surface area contributed by atoms with Crippen molar-refractivity contribution in [2.24, 2.45) is 0 Å². The average Bonchev–Trinajstić information content (AvgIpc) is 2.04. The molecule has 0 aliphatic heterocycles. The van der Waals surface area contributed by atoms with Gasteiger partial charge < -0.3 is 10.0 Å². The summed E-state index contributed by atoms with van der Waals surface area (Å²) in [5.74, 6) is 0. The summed E-state index contributed by atoms with van der Waals surface area (Å²) in [5, 5.41) is 18.2. The van der Waals surface area contributed by atoms with Crippen LogP contribution in [0.3, 0.4) is 0 Å². The van der Waals surface area contributed by atoms with Gasteiger partial charge in [0.05, 0.1) is 5.02 Å². The fraction of sp³-hybridized carbons (Fsp3) is 0.143. The quantitative estimate of drug-likeness (QED) is 0.549. The Hall–Kier alpha value is -0.155. The summed E-state index contributed by atoms with van der Waals surface area (Å²) < 4.78 is 0. The van der Waals surface area contributed by atoms with E-state index in [1.54, 1.807) is 18.2 Å². The average molecular weight is 202 g/mol. The summed E-state index contributed by atoms with van der Waals surface area (Å²) in [4.78, 5) is 0.932. The molecule has 0 saturated carbocycles. The smallest absolute Gasteiger partial charge is 0.423 e. The third-order valence-electron chi connectivity index (χ3n) is 1.47. The van der Waals surface area contributed by atoms with Crippen molar-refractivity contribution in [1.82, 2.24) is 0 Å². The summed E-state index contributed by atoms with van der Waals surface area (Å²) in [6.07, 6.45) is 1.91. The van der Waals surface area contributed by atoms with Crippen LogP contribution in [0.5, 0.6) is 0 Å². The Morgan fingerprint density at radius 3 is 2.50 bits per heavy atom. The number of hydrogen-bond acceptors (Lipinski definition) is 3. The fourth-order valence-electron chi connectivity index (χ4n) is 0.843. The first kappa shape index (κ1) is 9.93. The maximum absolute atomic E-state index is 8.80. The molecule has 0 bridgehead atoms. The molecule has 0 amide bonds. The van der Waals surface area contributed by atoms with Crippen LogP contribution in [0, 0.1) is 0 Å². The van der Waals surface area contributed by atoms with Crippen molar-refractivity contribution in [3.8, 4) is 0 Å². The molecule has 2 N–H and O–H groups in total. The van der Waals surface area contributed by atoms with Gasteiger partial charge in [-0.25, -0.2) is 0 Å². The number of thioether (sulfide) groups is 1. The van der Waals surface area contributed by atoms with Crippen molar-refractivity contribution < 1.29 is 10.0 Å². The van der Waals surface area contributed by atoms with E-state index < -0.39 is 7.12 Å². The summed E-state index contributed by atoms with van der Waals surface area (Å²) in [6.45, 7) is 0. The normalized spacial score (nSPS) is 10.0. The van der Waals surface area contributed by atoms with Gasteiger partial charge in [-0.1, -0.05) is 17.7 Å². The van der Waals surface area contributed by atoms with Crippen LogP contribution in [-0.4, -0.2) is 23.4 Å². The van der Waals surface area contributed by atoms with Gasteiger partial charge in [-0.15, -0.1) is 11.8 Å². The van der Waals surface area contributed by atoms with Crippen LogP contribution in [0.15, 0.2) is 23.1 Å². The van der Waals surface area contributed by atoms with E-state index in [1.165, 1.54) is 11.8 Å². The van der Waals surface area contributed by atoms with Crippen molar-refractivity contribution in [1.29, 1.82) is 0 Å². The Morgan fingerprint density at radius 2 is 2.08 bits per heavy atom. The van der Waals surface area contributed by atoms with E-state index in [9.17, 15) is 0 Å². The van der Waals surface area contributed by atoms with E-state index in [4.69, 9.17) is 21.6 Å². The lowest BCUT2D eigenvalue weighted by atomic mass is 9.80. The molecule has 0 radical (unpaired) electrons. The zero-order chi connectivity index (χ0) is 9.14. The van der Waals surface area contributed by atoms with Crippen LogP contribution < -0.4 is 5.46 Å². The van der Waals surface area contributed by atoms with Crippen molar-refractivity contribution in [3.05, 3.63) is 23.2 Å². The van der Waals surface area contributed by atoms with Gasteiger partial charge >= 0.3 is 7.12 Å². The van der Waals surface area contributed by atoms with Crippen LogP contribution in [-0.2, 0) is 0 Å². The number of hydrogen-bond donors (Lipinski definition) is 2. The molecule has 0 aliphatic rings. The molecule has 1 aromatic carbocycles. The highest BCUT2D eigenvalue weighted by Gasteiger charge is 2.11. The summed E-state index contributed by atoms with van der Waals surface area (Å²) in [6, 6.07) is 4.96.